The van der Waals surface area contributed by atoms with E-state index in [2.05, 4.69) is 0 Å². The Morgan fingerprint density at radius 2 is 2.05 bits per heavy atom. The van der Waals surface area contributed by atoms with E-state index in [0.29, 0.717) is 12.2 Å². The van der Waals surface area contributed by atoms with Gasteiger partial charge in [0.1, 0.15) is 4.99 Å². The first kappa shape index (κ1) is 16.0. The molecule has 0 spiro atoms. The SMILES string of the molecule is NC(=S)c1cc(N(CCO)C2CCC2)ccc1C(F)(F)F. The highest BCUT2D eigenvalue weighted by Crippen LogP contribution is 2.36. The smallest absolute Gasteiger partial charge is 0.395 e. The minimum atomic E-state index is -4.49. The summed E-state index contributed by atoms with van der Waals surface area (Å²) in [5, 5.41) is 9.16. The lowest BCUT2D eigenvalue weighted by atomic mass is 9.90. The van der Waals surface area contributed by atoms with Gasteiger partial charge >= 0.3 is 6.18 Å². The number of hydrogen-bond acceptors (Lipinski definition) is 3. The van der Waals surface area contributed by atoms with E-state index in [-0.39, 0.29) is 23.2 Å². The average Bonchev–Trinajstić information content (AvgIpc) is 2.34. The Hall–Kier alpha value is -1.34. The quantitative estimate of drug-likeness (QED) is 0.820. The van der Waals surface area contributed by atoms with Crippen LogP contribution in [-0.2, 0) is 6.18 Å². The van der Waals surface area contributed by atoms with Gasteiger partial charge in [-0.2, -0.15) is 13.2 Å². The molecule has 0 aromatic heterocycles. The highest BCUT2D eigenvalue weighted by atomic mass is 32.1. The Morgan fingerprint density at radius 1 is 1.38 bits per heavy atom. The summed E-state index contributed by atoms with van der Waals surface area (Å²) in [6.45, 7) is 0.326. The van der Waals surface area contributed by atoms with Crippen molar-refractivity contribution >= 4 is 22.9 Å². The van der Waals surface area contributed by atoms with Gasteiger partial charge in [-0.25, -0.2) is 0 Å². The number of anilines is 1. The maximum absolute atomic E-state index is 13.0. The third-order valence-corrected chi connectivity index (χ3v) is 3.98. The summed E-state index contributed by atoms with van der Waals surface area (Å²) in [6.07, 6.45) is -1.45. The van der Waals surface area contributed by atoms with E-state index >= 15 is 0 Å². The van der Waals surface area contributed by atoms with Crippen molar-refractivity contribution in [2.24, 2.45) is 5.73 Å². The van der Waals surface area contributed by atoms with Crippen molar-refractivity contribution in [3.05, 3.63) is 29.3 Å². The van der Waals surface area contributed by atoms with Crippen LogP contribution in [0.4, 0.5) is 18.9 Å². The lowest BCUT2D eigenvalue weighted by Crippen LogP contribution is -2.42. The molecule has 3 nitrogen and oxygen atoms in total. The molecule has 7 heteroatoms. The fourth-order valence-corrected chi connectivity index (χ4v) is 2.66. The Labute approximate surface area is 126 Å². The fraction of sp³-hybridized carbons (Fsp3) is 0.500. The minimum absolute atomic E-state index is 0.0556. The predicted octanol–water partition coefficient (Wildman–Crippen LogP) is 2.69. The molecule has 3 N–H and O–H groups in total. The van der Waals surface area contributed by atoms with Crippen LogP contribution < -0.4 is 10.6 Å². The first-order valence-electron chi connectivity index (χ1n) is 6.73. The van der Waals surface area contributed by atoms with Crippen LogP contribution in [-0.4, -0.2) is 29.3 Å². The zero-order valence-electron chi connectivity index (χ0n) is 11.4. The molecule has 0 saturated heterocycles. The van der Waals surface area contributed by atoms with Crippen LogP contribution in [0.15, 0.2) is 18.2 Å². The van der Waals surface area contributed by atoms with Crippen molar-refractivity contribution in [1.29, 1.82) is 0 Å². The Balaban J connectivity index is 2.40. The molecule has 0 unspecified atom stereocenters. The minimum Gasteiger partial charge on any atom is -0.395 e. The van der Waals surface area contributed by atoms with Crippen molar-refractivity contribution < 1.29 is 18.3 Å². The first-order chi connectivity index (χ1) is 9.84. The maximum atomic E-state index is 13.0. The zero-order valence-corrected chi connectivity index (χ0v) is 12.2. The van der Waals surface area contributed by atoms with Crippen molar-refractivity contribution in [2.45, 2.75) is 31.5 Å². The number of aliphatic hydroxyl groups is 1. The van der Waals surface area contributed by atoms with Crippen LogP contribution in [0.25, 0.3) is 0 Å². The fourth-order valence-electron chi connectivity index (χ4n) is 2.49. The van der Waals surface area contributed by atoms with Gasteiger partial charge in [-0.05, 0) is 37.5 Å². The van der Waals surface area contributed by atoms with Crippen LogP contribution in [0.1, 0.15) is 30.4 Å². The Bertz CT molecular complexity index is 529. The van der Waals surface area contributed by atoms with Crippen molar-refractivity contribution in [2.75, 3.05) is 18.1 Å². The van der Waals surface area contributed by atoms with E-state index in [4.69, 9.17) is 23.1 Å². The molecule has 0 atom stereocenters. The summed E-state index contributed by atoms with van der Waals surface area (Å²) in [6, 6.07) is 4.05. The Kier molecular flexibility index (Phi) is 4.73. The zero-order chi connectivity index (χ0) is 15.6. The third kappa shape index (κ3) is 3.47. The number of aliphatic hydroxyl groups excluding tert-OH is 1. The second-order valence-corrected chi connectivity index (χ2v) is 5.53. The summed E-state index contributed by atoms with van der Waals surface area (Å²) >= 11 is 4.75. The molecule has 0 aliphatic heterocycles. The number of thiocarbonyl (C=S) groups is 1. The molecular weight excluding hydrogens is 301 g/mol. The van der Waals surface area contributed by atoms with Crippen LogP contribution in [0.2, 0.25) is 0 Å². The maximum Gasteiger partial charge on any atom is 0.417 e. The second-order valence-electron chi connectivity index (χ2n) is 5.09. The summed E-state index contributed by atoms with van der Waals surface area (Å²) in [5.41, 5.74) is 5.06. The largest absolute Gasteiger partial charge is 0.417 e. The summed E-state index contributed by atoms with van der Waals surface area (Å²) in [5.74, 6) is 0. The number of rotatable bonds is 5. The van der Waals surface area contributed by atoms with Crippen molar-refractivity contribution in [3.8, 4) is 0 Å². The number of nitrogens with zero attached hydrogens (tertiary/aromatic N) is 1. The van der Waals surface area contributed by atoms with E-state index in [1.807, 2.05) is 4.90 Å². The second kappa shape index (κ2) is 6.19. The van der Waals surface area contributed by atoms with Gasteiger partial charge in [0.2, 0.25) is 0 Å². The predicted molar refractivity (Wildman–Crippen MR) is 79.4 cm³/mol. The van der Waals surface area contributed by atoms with Crippen LogP contribution in [0.3, 0.4) is 0 Å². The molecule has 2 rings (SSSR count). The molecule has 1 aromatic carbocycles. The van der Waals surface area contributed by atoms with Gasteiger partial charge in [-0.1, -0.05) is 12.2 Å². The van der Waals surface area contributed by atoms with Gasteiger partial charge in [0, 0.05) is 23.8 Å². The molecule has 1 aliphatic carbocycles. The summed E-state index contributed by atoms with van der Waals surface area (Å²) in [4.78, 5) is 1.65. The third-order valence-electron chi connectivity index (χ3n) is 3.76. The van der Waals surface area contributed by atoms with Gasteiger partial charge in [0.15, 0.2) is 0 Å². The molecule has 0 bridgehead atoms. The molecule has 21 heavy (non-hydrogen) atoms. The van der Waals surface area contributed by atoms with Gasteiger partial charge in [0.05, 0.1) is 12.2 Å². The van der Waals surface area contributed by atoms with E-state index in [0.717, 1.165) is 25.3 Å². The van der Waals surface area contributed by atoms with Gasteiger partial charge < -0.3 is 15.7 Å². The number of halogens is 3. The molecule has 1 aliphatic rings. The topological polar surface area (TPSA) is 49.5 Å². The number of nitrogens with two attached hydrogens (primary N) is 1. The number of hydrogen-bond donors (Lipinski definition) is 2. The van der Waals surface area contributed by atoms with Crippen molar-refractivity contribution in [1.82, 2.24) is 0 Å². The molecule has 0 amide bonds. The van der Waals surface area contributed by atoms with E-state index < -0.39 is 11.7 Å². The molecular formula is C14H17F3N2OS. The van der Waals surface area contributed by atoms with E-state index in [1.54, 1.807) is 0 Å². The molecule has 116 valence electrons. The van der Waals surface area contributed by atoms with Gasteiger partial charge in [-0.15, -0.1) is 0 Å². The van der Waals surface area contributed by atoms with Crippen LogP contribution in [0.5, 0.6) is 0 Å². The van der Waals surface area contributed by atoms with E-state index in [9.17, 15) is 13.2 Å². The number of benzene rings is 1. The van der Waals surface area contributed by atoms with Gasteiger partial charge in [-0.3, -0.25) is 0 Å². The number of alkyl halides is 3. The molecule has 0 radical (unpaired) electrons. The summed E-state index contributed by atoms with van der Waals surface area (Å²) in [7, 11) is 0. The standard InChI is InChI=1S/C14H17F3N2OS/c15-14(16,17)12-5-4-10(8-11(12)13(18)21)19(6-7-20)9-2-1-3-9/h4-5,8-9,20H,1-3,6-7H2,(H2,18,21). The van der Waals surface area contributed by atoms with Gasteiger partial charge in [0.25, 0.3) is 0 Å². The lowest BCUT2D eigenvalue weighted by molar-refractivity contribution is -0.137. The molecule has 1 aromatic rings. The first-order valence-corrected chi connectivity index (χ1v) is 7.14. The average molecular weight is 318 g/mol. The highest BCUT2D eigenvalue weighted by molar-refractivity contribution is 7.80. The summed E-state index contributed by atoms with van der Waals surface area (Å²) < 4.78 is 38.9. The monoisotopic (exact) mass is 318 g/mol. The van der Waals surface area contributed by atoms with Crippen LogP contribution >= 0.6 is 12.2 Å². The normalized spacial score (nSPS) is 15.6. The molecule has 1 fully saturated rings. The molecule has 0 heterocycles. The highest BCUT2D eigenvalue weighted by Gasteiger charge is 2.35. The van der Waals surface area contributed by atoms with E-state index in [1.165, 1.54) is 12.1 Å². The lowest BCUT2D eigenvalue weighted by Gasteiger charge is -2.39. The molecule has 1 saturated carbocycles. The van der Waals surface area contributed by atoms with Crippen molar-refractivity contribution in [3.63, 3.8) is 0 Å². The Morgan fingerprint density at radius 3 is 2.48 bits per heavy atom. The van der Waals surface area contributed by atoms with Crippen LogP contribution in [0, 0.1) is 0 Å².